The zero-order valence-corrected chi connectivity index (χ0v) is 17.3. The molecule has 1 N–H and O–H groups in total. The summed E-state index contributed by atoms with van der Waals surface area (Å²) in [5.41, 5.74) is 3.61. The summed E-state index contributed by atoms with van der Waals surface area (Å²) in [5.74, 6) is -1.13. The van der Waals surface area contributed by atoms with E-state index >= 15 is 0 Å². The lowest BCUT2D eigenvalue weighted by molar-refractivity contribution is -0.139. The number of aromatic nitrogens is 1. The summed E-state index contributed by atoms with van der Waals surface area (Å²) in [6.07, 6.45) is 0.0600. The number of carbonyl (C=O) groups is 1. The second-order valence-corrected chi connectivity index (χ2v) is 8.60. The number of benzene rings is 2. The van der Waals surface area contributed by atoms with E-state index < -0.39 is 11.4 Å². The standard InChI is InChI=1S/C23H25ClFNO2/c1-14-19-11-18(25)9-10-20(19)26(13-16-5-7-17(24)8-6-16)22(14)15(2)23(3,4)12-21(27)28/h5-11,15H,12-13H2,1-4H3,(H,27,28). The normalized spacial score (nSPS) is 13.1. The minimum Gasteiger partial charge on any atom is -0.481 e. The largest absolute Gasteiger partial charge is 0.481 e. The Kier molecular flexibility index (Phi) is 5.53. The highest BCUT2D eigenvalue weighted by molar-refractivity contribution is 6.30. The molecule has 0 amide bonds. The number of rotatable bonds is 6. The van der Waals surface area contributed by atoms with Crippen molar-refractivity contribution in [3.8, 4) is 0 Å². The molecule has 0 saturated carbocycles. The van der Waals surface area contributed by atoms with Crippen LogP contribution in [0.25, 0.3) is 10.9 Å². The average molecular weight is 402 g/mol. The van der Waals surface area contributed by atoms with E-state index in [1.807, 2.05) is 45.0 Å². The van der Waals surface area contributed by atoms with Crippen LogP contribution in [0.4, 0.5) is 4.39 Å². The molecule has 1 heterocycles. The molecule has 1 aromatic heterocycles. The first kappa shape index (κ1) is 20.4. The van der Waals surface area contributed by atoms with Gasteiger partial charge in [-0.25, -0.2) is 4.39 Å². The van der Waals surface area contributed by atoms with Crippen LogP contribution in [0.5, 0.6) is 0 Å². The fraction of sp³-hybridized carbons (Fsp3) is 0.348. The summed E-state index contributed by atoms with van der Waals surface area (Å²) in [6.45, 7) is 8.59. The van der Waals surface area contributed by atoms with Gasteiger partial charge in [-0.3, -0.25) is 4.79 Å². The van der Waals surface area contributed by atoms with Crippen LogP contribution in [0, 0.1) is 18.2 Å². The highest BCUT2D eigenvalue weighted by atomic mass is 35.5. The van der Waals surface area contributed by atoms with Gasteiger partial charge in [-0.1, -0.05) is 44.5 Å². The van der Waals surface area contributed by atoms with Gasteiger partial charge in [-0.15, -0.1) is 0 Å². The maximum absolute atomic E-state index is 13.9. The van der Waals surface area contributed by atoms with Crippen molar-refractivity contribution in [1.29, 1.82) is 0 Å². The van der Waals surface area contributed by atoms with Gasteiger partial charge in [0, 0.05) is 34.1 Å². The van der Waals surface area contributed by atoms with Crippen LogP contribution in [0.1, 0.15) is 49.9 Å². The van der Waals surface area contributed by atoms with Crippen LogP contribution in [-0.4, -0.2) is 15.6 Å². The van der Waals surface area contributed by atoms with Crippen LogP contribution in [0.2, 0.25) is 5.02 Å². The summed E-state index contributed by atoms with van der Waals surface area (Å²) < 4.78 is 16.1. The first-order valence-electron chi connectivity index (χ1n) is 9.34. The molecule has 0 radical (unpaired) electrons. The minimum absolute atomic E-state index is 0.0358. The van der Waals surface area contributed by atoms with Gasteiger partial charge in [0.2, 0.25) is 0 Å². The van der Waals surface area contributed by atoms with Crippen molar-refractivity contribution in [3.63, 3.8) is 0 Å². The summed E-state index contributed by atoms with van der Waals surface area (Å²) in [7, 11) is 0. The molecule has 0 aliphatic carbocycles. The van der Waals surface area contributed by atoms with Crippen molar-refractivity contribution < 1.29 is 14.3 Å². The molecule has 0 aliphatic rings. The van der Waals surface area contributed by atoms with Gasteiger partial charge < -0.3 is 9.67 Å². The van der Waals surface area contributed by atoms with Crippen molar-refractivity contribution in [2.24, 2.45) is 5.41 Å². The molecule has 3 aromatic rings. The van der Waals surface area contributed by atoms with Crippen LogP contribution in [0.3, 0.4) is 0 Å². The number of hydrogen-bond acceptors (Lipinski definition) is 1. The molecular formula is C23H25ClFNO2. The van der Waals surface area contributed by atoms with E-state index in [-0.39, 0.29) is 18.2 Å². The molecular weight excluding hydrogens is 377 g/mol. The third-order valence-electron chi connectivity index (χ3n) is 5.77. The number of aliphatic carboxylic acids is 1. The lowest BCUT2D eigenvalue weighted by atomic mass is 9.74. The van der Waals surface area contributed by atoms with Gasteiger partial charge in [0.25, 0.3) is 0 Å². The van der Waals surface area contributed by atoms with E-state index in [1.165, 1.54) is 6.07 Å². The van der Waals surface area contributed by atoms with Gasteiger partial charge >= 0.3 is 5.97 Å². The summed E-state index contributed by atoms with van der Waals surface area (Å²) >= 11 is 6.02. The number of nitrogens with zero attached hydrogens (tertiary/aromatic N) is 1. The fourth-order valence-electron chi connectivity index (χ4n) is 3.93. The van der Waals surface area contributed by atoms with Crippen LogP contribution in [0.15, 0.2) is 42.5 Å². The molecule has 3 nitrogen and oxygen atoms in total. The number of fused-ring (bicyclic) bond motifs is 1. The summed E-state index contributed by atoms with van der Waals surface area (Å²) in [4.78, 5) is 11.4. The molecule has 0 saturated heterocycles. The Labute approximate surface area is 169 Å². The second kappa shape index (κ2) is 7.59. The van der Waals surface area contributed by atoms with E-state index in [9.17, 15) is 14.3 Å². The van der Waals surface area contributed by atoms with Crippen molar-refractivity contribution >= 4 is 28.5 Å². The van der Waals surface area contributed by atoms with E-state index in [4.69, 9.17) is 11.6 Å². The van der Waals surface area contributed by atoms with Crippen molar-refractivity contribution in [3.05, 3.63) is 70.1 Å². The quantitative estimate of drug-likeness (QED) is 0.519. The molecule has 0 fully saturated rings. The van der Waals surface area contributed by atoms with Crippen molar-refractivity contribution in [1.82, 2.24) is 4.57 Å². The fourth-order valence-corrected chi connectivity index (χ4v) is 4.05. The average Bonchev–Trinajstić information content (AvgIpc) is 2.86. The number of hydrogen-bond donors (Lipinski definition) is 1. The summed E-state index contributed by atoms with van der Waals surface area (Å²) in [6, 6.07) is 12.5. The van der Waals surface area contributed by atoms with Gasteiger partial charge in [0.15, 0.2) is 0 Å². The molecule has 148 valence electrons. The van der Waals surface area contributed by atoms with Crippen LogP contribution in [-0.2, 0) is 11.3 Å². The van der Waals surface area contributed by atoms with E-state index in [0.717, 1.165) is 27.7 Å². The number of aryl methyl sites for hydroxylation is 1. The molecule has 5 heteroatoms. The Hall–Kier alpha value is -2.33. The lowest BCUT2D eigenvalue weighted by Crippen LogP contribution is -2.26. The van der Waals surface area contributed by atoms with E-state index in [2.05, 4.69) is 11.5 Å². The van der Waals surface area contributed by atoms with Crippen LogP contribution >= 0.6 is 11.6 Å². The Bertz CT molecular complexity index is 1020. The monoisotopic (exact) mass is 401 g/mol. The Morgan fingerprint density at radius 1 is 1.21 bits per heavy atom. The first-order chi connectivity index (χ1) is 13.1. The molecule has 1 unspecified atom stereocenters. The van der Waals surface area contributed by atoms with Gasteiger partial charge in [-0.2, -0.15) is 0 Å². The number of carboxylic acids is 1. The van der Waals surface area contributed by atoms with Gasteiger partial charge in [0.1, 0.15) is 5.82 Å². The topological polar surface area (TPSA) is 42.2 Å². The Morgan fingerprint density at radius 2 is 1.86 bits per heavy atom. The molecule has 3 rings (SSSR count). The minimum atomic E-state index is -0.819. The number of carboxylic acid groups (broad SMARTS) is 1. The second-order valence-electron chi connectivity index (χ2n) is 8.17. The molecule has 28 heavy (non-hydrogen) atoms. The van der Waals surface area contributed by atoms with E-state index in [1.54, 1.807) is 12.1 Å². The molecule has 0 spiro atoms. The third kappa shape index (κ3) is 3.93. The highest BCUT2D eigenvalue weighted by Crippen LogP contribution is 2.42. The van der Waals surface area contributed by atoms with Gasteiger partial charge in [-0.05, 0) is 53.8 Å². The zero-order valence-electron chi connectivity index (χ0n) is 16.6. The summed E-state index contributed by atoms with van der Waals surface area (Å²) in [5, 5.41) is 10.9. The highest BCUT2D eigenvalue weighted by Gasteiger charge is 2.33. The molecule has 1 atom stereocenters. The molecule has 2 aromatic carbocycles. The zero-order chi connectivity index (χ0) is 20.6. The predicted octanol–water partition coefficient (Wildman–Crippen LogP) is 6.39. The smallest absolute Gasteiger partial charge is 0.303 e. The number of halogens is 2. The predicted molar refractivity (Wildman–Crippen MR) is 112 cm³/mol. The SMILES string of the molecule is Cc1c(C(C)C(C)(C)CC(=O)O)n(Cc2ccc(Cl)cc2)c2ccc(F)cc12. The lowest BCUT2D eigenvalue weighted by Gasteiger charge is -2.32. The molecule has 0 aliphatic heterocycles. The Morgan fingerprint density at radius 3 is 2.46 bits per heavy atom. The van der Waals surface area contributed by atoms with Gasteiger partial charge in [0.05, 0.1) is 6.42 Å². The van der Waals surface area contributed by atoms with Crippen molar-refractivity contribution in [2.45, 2.75) is 46.6 Å². The maximum atomic E-state index is 13.9. The van der Waals surface area contributed by atoms with E-state index in [0.29, 0.717) is 11.6 Å². The third-order valence-corrected chi connectivity index (χ3v) is 6.02. The van der Waals surface area contributed by atoms with Crippen molar-refractivity contribution in [2.75, 3.05) is 0 Å². The Balaban J connectivity index is 2.18. The first-order valence-corrected chi connectivity index (χ1v) is 9.72. The maximum Gasteiger partial charge on any atom is 0.303 e. The van der Waals surface area contributed by atoms with Crippen LogP contribution < -0.4 is 0 Å². The molecule has 0 bridgehead atoms.